The molecular weight excluding hydrogens is 378 g/mol. The van der Waals surface area contributed by atoms with Gasteiger partial charge in [0.15, 0.2) is 6.10 Å². The first-order valence-corrected chi connectivity index (χ1v) is 9.94. The number of aliphatic hydroxyl groups is 1. The maximum atomic E-state index is 11.8. The van der Waals surface area contributed by atoms with Crippen LogP contribution in [0.1, 0.15) is 28.4 Å². The Morgan fingerprint density at radius 1 is 1.13 bits per heavy atom. The molecule has 2 heterocycles. The second kappa shape index (κ2) is 6.82. The Bertz CT molecular complexity index is 1330. The van der Waals surface area contributed by atoms with Crippen LogP contribution in [0.5, 0.6) is 5.75 Å². The molecule has 0 saturated carbocycles. The SMILES string of the molecule is Cc1ccc2cc(C)c(C(O)C(=O)O)c(-c3ccc4c5c(ccnc35)CCO4)c2c1. The van der Waals surface area contributed by atoms with Gasteiger partial charge in [0.1, 0.15) is 5.75 Å². The minimum atomic E-state index is -1.63. The van der Waals surface area contributed by atoms with Gasteiger partial charge in [-0.05, 0) is 59.5 Å². The summed E-state index contributed by atoms with van der Waals surface area (Å²) in [5.41, 5.74) is 5.63. The summed E-state index contributed by atoms with van der Waals surface area (Å²) in [6.07, 6.45) is 0.951. The third-order valence-corrected chi connectivity index (χ3v) is 5.89. The molecule has 1 unspecified atom stereocenters. The zero-order chi connectivity index (χ0) is 21.0. The molecule has 0 amide bonds. The number of rotatable bonds is 3. The number of hydrogen-bond donors (Lipinski definition) is 2. The maximum absolute atomic E-state index is 11.8. The quantitative estimate of drug-likeness (QED) is 0.521. The van der Waals surface area contributed by atoms with Gasteiger partial charge in [-0.2, -0.15) is 0 Å². The highest BCUT2D eigenvalue weighted by molar-refractivity contribution is 6.09. The number of benzene rings is 3. The van der Waals surface area contributed by atoms with Crippen LogP contribution in [0.4, 0.5) is 0 Å². The molecule has 0 bridgehead atoms. The van der Waals surface area contributed by atoms with E-state index in [-0.39, 0.29) is 0 Å². The zero-order valence-corrected chi connectivity index (χ0v) is 16.8. The van der Waals surface area contributed by atoms with Crippen molar-refractivity contribution in [1.82, 2.24) is 4.98 Å². The number of nitrogens with zero attached hydrogens (tertiary/aromatic N) is 1. The Morgan fingerprint density at radius 3 is 2.77 bits per heavy atom. The lowest BCUT2D eigenvalue weighted by atomic mass is 9.85. The van der Waals surface area contributed by atoms with Gasteiger partial charge in [-0.25, -0.2) is 4.79 Å². The molecule has 1 aromatic heterocycles. The number of aliphatic hydroxyl groups excluding tert-OH is 1. The zero-order valence-electron chi connectivity index (χ0n) is 16.8. The average Bonchev–Trinajstić information content (AvgIpc) is 2.73. The van der Waals surface area contributed by atoms with Crippen LogP contribution in [0.2, 0.25) is 0 Å². The van der Waals surface area contributed by atoms with E-state index in [4.69, 9.17) is 4.74 Å². The van der Waals surface area contributed by atoms with Crippen molar-refractivity contribution in [3.8, 4) is 16.9 Å². The van der Waals surface area contributed by atoms with Gasteiger partial charge < -0.3 is 14.9 Å². The summed E-state index contributed by atoms with van der Waals surface area (Å²) in [7, 11) is 0. The summed E-state index contributed by atoms with van der Waals surface area (Å²) < 4.78 is 5.85. The number of aryl methyl sites for hydroxylation is 2. The van der Waals surface area contributed by atoms with Crippen LogP contribution in [0.15, 0.2) is 48.7 Å². The summed E-state index contributed by atoms with van der Waals surface area (Å²) in [4.78, 5) is 16.4. The minimum Gasteiger partial charge on any atom is -0.493 e. The van der Waals surface area contributed by atoms with Crippen LogP contribution >= 0.6 is 0 Å². The van der Waals surface area contributed by atoms with Crippen LogP contribution in [-0.2, 0) is 11.2 Å². The van der Waals surface area contributed by atoms with Crippen molar-refractivity contribution >= 4 is 27.6 Å². The second-order valence-electron chi connectivity index (χ2n) is 7.85. The Kier molecular flexibility index (Phi) is 4.22. The summed E-state index contributed by atoms with van der Waals surface area (Å²) in [6, 6.07) is 13.9. The van der Waals surface area contributed by atoms with E-state index in [2.05, 4.69) is 4.98 Å². The predicted molar refractivity (Wildman–Crippen MR) is 116 cm³/mol. The number of hydrogen-bond acceptors (Lipinski definition) is 4. The van der Waals surface area contributed by atoms with Gasteiger partial charge in [-0.3, -0.25) is 4.98 Å². The lowest BCUT2D eigenvalue weighted by molar-refractivity contribution is -0.146. The first-order chi connectivity index (χ1) is 14.5. The molecule has 0 spiro atoms. The fourth-order valence-electron chi connectivity index (χ4n) is 4.54. The second-order valence-corrected chi connectivity index (χ2v) is 7.85. The molecule has 5 heteroatoms. The van der Waals surface area contributed by atoms with Gasteiger partial charge in [0, 0.05) is 29.1 Å². The summed E-state index contributed by atoms with van der Waals surface area (Å²) in [5.74, 6) is -0.484. The molecule has 0 saturated heterocycles. The highest BCUT2D eigenvalue weighted by Crippen LogP contribution is 2.43. The van der Waals surface area contributed by atoms with E-state index in [0.29, 0.717) is 17.7 Å². The van der Waals surface area contributed by atoms with Gasteiger partial charge in [0.05, 0.1) is 12.1 Å². The summed E-state index contributed by atoms with van der Waals surface area (Å²) >= 11 is 0. The van der Waals surface area contributed by atoms with Gasteiger partial charge in [-0.1, -0.05) is 29.8 Å². The number of aromatic nitrogens is 1. The Labute approximate surface area is 173 Å². The van der Waals surface area contributed by atoms with E-state index in [1.807, 2.05) is 56.3 Å². The molecule has 2 N–H and O–H groups in total. The van der Waals surface area contributed by atoms with E-state index < -0.39 is 12.1 Å². The molecule has 5 nitrogen and oxygen atoms in total. The van der Waals surface area contributed by atoms with Crippen molar-refractivity contribution < 1.29 is 19.7 Å². The van der Waals surface area contributed by atoms with Crippen LogP contribution in [0, 0.1) is 13.8 Å². The molecule has 1 aliphatic rings. The molecule has 4 aromatic rings. The van der Waals surface area contributed by atoms with Gasteiger partial charge >= 0.3 is 5.97 Å². The number of carboxylic acids is 1. The third kappa shape index (κ3) is 2.74. The first-order valence-electron chi connectivity index (χ1n) is 9.94. The Balaban J connectivity index is 1.96. The smallest absolute Gasteiger partial charge is 0.337 e. The normalized spacial score (nSPS) is 14.0. The van der Waals surface area contributed by atoms with Crippen molar-refractivity contribution in [2.75, 3.05) is 6.61 Å². The van der Waals surface area contributed by atoms with E-state index in [0.717, 1.165) is 56.1 Å². The molecular formula is C25H21NO4. The van der Waals surface area contributed by atoms with Crippen LogP contribution < -0.4 is 4.74 Å². The van der Waals surface area contributed by atoms with Crippen molar-refractivity contribution in [2.24, 2.45) is 0 Å². The lowest BCUT2D eigenvalue weighted by Gasteiger charge is -2.23. The number of carbonyl (C=O) groups is 1. The third-order valence-electron chi connectivity index (χ3n) is 5.89. The first kappa shape index (κ1) is 18.6. The topological polar surface area (TPSA) is 79.7 Å². The largest absolute Gasteiger partial charge is 0.493 e. The summed E-state index contributed by atoms with van der Waals surface area (Å²) in [5, 5.41) is 23.1. The number of fused-ring (bicyclic) bond motifs is 1. The lowest BCUT2D eigenvalue weighted by Crippen LogP contribution is -2.14. The standard InChI is InChI=1S/C25H21NO4/c1-13-3-4-16-12-14(2)20(24(27)25(28)29)22(18(16)11-13)17-5-6-19-21-15(8-10-30-19)7-9-26-23(17)21/h3-7,9,11-12,24,27H,8,10H2,1-2H3,(H,28,29). The summed E-state index contributed by atoms with van der Waals surface area (Å²) in [6.45, 7) is 4.47. The van der Waals surface area contributed by atoms with Crippen molar-refractivity contribution in [3.63, 3.8) is 0 Å². The fraction of sp³-hybridized carbons (Fsp3) is 0.200. The molecule has 30 heavy (non-hydrogen) atoms. The molecule has 0 radical (unpaired) electrons. The molecule has 1 aliphatic heterocycles. The van der Waals surface area contributed by atoms with E-state index >= 15 is 0 Å². The number of carboxylic acid groups (broad SMARTS) is 1. The Morgan fingerprint density at radius 2 is 1.97 bits per heavy atom. The predicted octanol–water partition coefficient (Wildman–Crippen LogP) is 4.72. The van der Waals surface area contributed by atoms with E-state index in [1.165, 1.54) is 0 Å². The highest BCUT2D eigenvalue weighted by Gasteiger charge is 2.27. The van der Waals surface area contributed by atoms with E-state index in [1.54, 1.807) is 6.20 Å². The van der Waals surface area contributed by atoms with Crippen molar-refractivity contribution in [3.05, 3.63) is 70.9 Å². The molecule has 0 fully saturated rings. The van der Waals surface area contributed by atoms with Gasteiger partial charge in [0.2, 0.25) is 0 Å². The van der Waals surface area contributed by atoms with Crippen LogP contribution in [0.25, 0.3) is 32.8 Å². The molecule has 0 aliphatic carbocycles. The number of ether oxygens (including phenoxy) is 1. The molecule has 5 rings (SSSR count). The number of aliphatic carboxylic acids is 1. The van der Waals surface area contributed by atoms with Crippen molar-refractivity contribution in [2.45, 2.75) is 26.4 Å². The fourth-order valence-corrected chi connectivity index (χ4v) is 4.54. The van der Waals surface area contributed by atoms with Crippen LogP contribution in [-0.4, -0.2) is 27.8 Å². The van der Waals surface area contributed by atoms with Gasteiger partial charge in [-0.15, -0.1) is 0 Å². The monoisotopic (exact) mass is 399 g/mol. The maximum Gasteiger partial charge on any atom is 0.337 e. The van der Waals surface area contributed by atoms with Crippen molar-refractivity contribution in [1.29, 1.82) is 0 Å². The average molecular weight is 399 g/mol. The molecule has 3 aromatic carbocycles. The highest BCUT2D eigenvalue weighted by atomic mass is 16.5. The number of pyridine rings is 1. The van der Waals surface area contributed by atoms with E-state index in [9.17, 15) is 15.0 Å². The Hall–Kier alpha value is -3.44. The molecule has 1 atom stereocenters. The molecule has 150 valence electrons. The van der Waals surface area contributed by atoms with Crippen LogP contribution in [0.3, 0.4) is 0 Å². The minimum absolute atomic E-state index is 0.403. The van der Waals surface area contributed by atoms with Gasteiger partial charge in [0.25, 0.3) is 0 Å².